The first kappa shape index (κ1) is 14.3. The molecule has 1 N–H and O–H groups in total. The van der Waals surface area contributed by atoms with Gasteiger partial charge in [0.2, 0.25) is 0 Å². The van der Waals surface area contributed by atoms with Gasteiger partial charge in [0.15, 0.2) is 0 Å². The lowest BCUT2D eigenvalue weighted by molar-refractivity contribution is 0.0946. The lowest BCUT2D eigenvalue weighted by Crippen LogP contribution is -2.28. The van der Waals surface area contributed by atoms with Gasteiger partial charge < -0.3 is 10.1 Å². The number of nitrogens with one attached hydrogen (secondary N) is 1. The van der Waals surface area contributed by atoms with Crippen molar-refractivity contribution in [2.75, 3.05) is 13.2 Å². The molecule has 5 heteroatoms. The maximum absolute atomic E-state index is 11.8. The minimum absolute atomic E-state index is 0.160. The minimum atomic E-state index is -0.160. The Balaban J connectivity index is 1.76. The number of ether oxygens (including phenoxy) is 1. The lowest BCUT2D eigenvalue weighted by atomic mass is 10.2. The number of halogens is 1. The second-order valence-corrected chi connectivity index (χ2v) is 4.69. The van der Waals surface area contributed by atoms with Crippen LogP contribution in [0.5, 0.6) is 5.75 Å². The van der Waals surface area contributed by atoms with E-state index < -0.39 is 0 Å². The normalized spacial score (nSPS) is 10.1. The van der Waals surface area contributed by atoms with Crippen molar-refractivity contribution in [2.24, 2.45) is 0 Å². The number of nitrogens with zero attached hydrogens (tertiary/aromatic N) is 1. The second-order valence-electron chi connectivity index (χ2n) is 4.25. The van der Waals surface area contributed by atoms with E-state index in [4.69, 9.17) is 16.3 Å². The van der Waals surface area contributed by atoms with Gasteiger partial charge in [-0.2, -0.15) is 0 Å². The van der Waals surface area contributed by atoms with E-state index in [1.165, 1.54) is 0 Å². The fourth-order valence-corrected chi connectivity index (χ4v) is 1.77. The first-order valence-electron chi connectivity index (χ1n) is 6.24. The summed E-state index contributed by atoms with van der Waals surface area (Å²) in [6, 6.07) is 10.7. The molecule has 0 aliphatic heterocycles. The summed E-state index contributed by atoms with van der Waals surface area (Å²) in [5.41, 5.74) is 1.42. The average molecular weight is 291 g/mol. The molecule has 0 bridgehead atoms. The molecule has 1 aromatic carbocycles. The highest BCUT2D eigenvalue weighted by Gasteiger charge is 2.04. The molecule has 2 aromatic rings. The van der Waals surface area contributed by atoms with Gasteiger partial charge >= 0.3 is 0 Å². The Bertz CT molecular complexity index is 585. The monoisotopic (exact) mass is 290 g/mol. The van der Waals surface area contributed by atoms with E-state index >= 15 is 0 Å². The van der Waals surface area contributed by atoms with E-state index in [0.29, 0.717) is 29.5 Å². The number of benzene rings is 1. The van der Waals surface area contributed by atoms with Crippen LogP contribution in [0.3, 0.4) is 0 Å². The third-order valence-corrected chi connectivity index (χ3v) is 2.86. The van der Waals surface area contributed by atoms with E-state index in [2.05, 4.69) is 10.3 Å². The van der Waals surface area contributed by atoms with Crippen molar-refractivity contribution in [1.29, 1.82) is 0 Å². The third kappa shape index (κ3) is 4.24. The number of hydrogen-bond donors (Lipinski definition) is 1. The Morgan fingerprint density at radius 1 is 1.35 bits per heavy atom. The van der Waals surface area contributed by atoms with Gasteiger partial charge in [-0.05, 0) is 37.3 Å². The van der Waals surface area contributed by atoms with E-state index in [0.717, 1.165) is 5.69 Å². The van der Waals surface area contributed by atoms with Gasteiger partial charge in [0, 0.05) is 16.9 Å². The zero-order valence-corrected chi connectivity index (χ0v) is 11.9. The molecule has 0 fully saturated rings. The van der Waals surface area contributed by atoms with Gasteiger partial charge in [-0.25, -0.2) is 0 Å². The molecule has 0 spiro atoms. The van der Waals surface area contributed by atoms with Crippen LogP contribution in [0.15, 0.2) is 42.6 Å². The molecular formula is C15H15ClN2O2. The summed E-state index contributed by atoms with van der Waals surface area (Å²) in [4.78, 5) is 15.9. The summed E-state index contributed by atoms with van der Waals surface area (Å²) in [6.45, 7) is 2.67. The SMILES string of the molecule is Cc1ccc(C(=O)NCCOc2cccc(Cl)c2)cn1. The van der Waals surface area contributed by atoms with Crippen molar-refractivity contribution in [1.82, 2.24) is 10.3 Å². The van der Waals surface area contributed by atoms with Crippen molar-refractivity contribution in [3.05, 3.63) is 58.9 Å². The maximum atomic E-state index is 11.8. The molecule has 0 aliphatic carbocycles. The van der Waals surface area contributed by atoms with Crippen LogP contribution in [-0.2, 0) is 0 Å². The quantitative estimate of drug-likeness (QED) is 0.862. The molecule has 1 aromatic heterocycles. The Labute approximate surface area is 122 Å². The molecule has 0 saturated heterocycles. The van der Waals surface area contributed by atoms with Crippen LogP contribution in [0.2, 0.25) is 5.02 Å². The van der Waals surface area contributed by atoms with Crippen molar-refractivity contribution in [3.63, 3.8) is 0 Å². The van der Waals surface area contributed by atoms with Crippen LogP contribution in [0.1, 0.15) is 16.1 Å². The predicted molar refractivity (Wildman–Crippen MR) is 78.3 cm³/mol. The number of carbonyl (C=O) groups excluding carboxylic acids is 1. The molecule has 1 heterocycles. The largest absolute Gasteiger partial charge is 0.492 e. The summed E-state index contributed by atoms with van der Waals surface area (Å²) in [7, 11) is 0. The smallest absolute Gasteiger partial charge is 0.252 e. The number of aromatic nitrogens is 1. The molecule has 20 heavy (non-hydrogen) atoms. The van der Waals surface area contributed by atoms with Crippen LogP contribution in [0, 0.1) is 6.92 Å². The number of rotatable bonds is 5. The molecule has 104 valence electrons. The van der Waals surface area contributed by atoms with Crippen LogP contribution in [-0.4, -0.2) is 24.0 Å². The van der Waals surface area contributed by atoms with Gasteiger partial charge in [0.25, 0.3) is 5.91 Å². The second kappa shape index (κ2) is 6.91. The zero-order valence-electron chi connectivity index (χ0n) is 11.1. The Kier molecular flexibility index (Phi) is 4.96. The van der Waals surface area contributed by atoms with Crippen LogP contribution in [0.25, 0.3) is 0 Å². The summed E-state index contributed by atoms with van der Waals surface area (Å²) in [6.07, 6.45) is 1.56. The molecule has 0 radical (unpaired) electrons. The highest BCUT2D eigenvalue weighted by atomic mass is 35.5. The highest BCUT2D eigenvalue weighted by molar-refractivity contribution is 6.30. The molecule has 0 saturated carbocycles. The summed E-state index contributed by atoms with van der Waals surface area (Å²) in [5.74, 6) is 0.524. The van der Waals surface area contributed by atoms with Gasteiger partial charge in [0.1, 0.15) is 12.4 Å². The Morgan fingerprint density at radius 3 is 2.90 bits per heavy atom. The van der Waals surface area contributed by atoms with Crippen LogP contribution < -0.4 is 10.1 Å². The minimum Gasteiger partial charge on any atom is -0.492 e. The average Bonchev–Trinajstić information content (AvgIpc) is 2.44. The lowest BCUT2D eigenvalue weighted by Gasteiger charge is -2.08. The predicted octanol–water partition coefficient (Wildman–Crippen LogP) is 2.85. The number of amides is 1. The van der Waals surface area contributed by atoms with E-state index in [1.54, 1.807) is 30.5 Å². The number of hydrogen-bond acceptors (Lipinski definition) is 3. The number of aryl methyl sites for hydroxylation is 1. The van der Waals surface area contributed by atoms with Gasteiger partial charge in [0.05, 0.1) is 12.1 Å². The number of pyridine rings is 1. The molecule has 1 amide bonds. The fourth-order valence-electron chi connectivity index (χ4n) is 1.59. The first-order valence-corrected chi connectivity index (χ1v) is 6.62. The van der Waals surface area contributed by atoms with Crippen molar-refractivity contribution in [2.45, 2.75) is 6.92 Å². The molecule has 0 aliphatic rings. The van der Waals surface area contributed by atoms with Crippen LogP contribution in [0.4, 0.5) is 0 Å². The Morgan fingerprint density at radius 2 is 2.20 bits per heavy atom. The molecule has 0 unspecified atom stereocenters. The molecule has 0 atom stereocenters. The van der Waals surface area contributed by atoms with E-state index in [-0.39, 0.29) is 5.91 Å². The van der Waals surface area contributed by atoms with E-state index in [1.807, 2.05) is 19.1 Å². The number of carbonyl (C=O) groups is 1. The summed E-state index contributed by atoms with van der Waals surface area (Å²) >= 11 is 5.84. The molecule has 2 rings (SSSR count). The standard InChI is InChI=1S/C15H15ClN2O2/c1-11-5-6-12(10-18-11)15(19)17-7-8-20-14-4-2-3-13(16)9-14/h2-6,9-10H,7-8H2,1H3,(H,17,19). The Hall–Kier alpha value is -2.07. The van der Waals surface area contributed by atoms with Crippen molar-refractivity contribution in [3.8, 4) is 5.75 Å². The summed E-state index contributed by atoms with van der Waals surface area (Å²) in [5, 5.41) is 3.39. The van der Waals surface area contributed by atoms with Gasteiger partial charge in [-0.1, -0.05) is 17.7 Å². The molecular weight excluding hydrogens is 276 g/mol. The van der Waals surface area contributed by atoms with Crippen molar-refractivity contribution < 1.29 is 9.53 Å². The van der Waals surface area contributed by atoms with Gasteiger partial charge in [-0.3, -0.25) is 9.78 Å². The van der Waals surface area contributed by atoms with Crippen LogP contribution >= 0.6 is 11.6 Å². The first-order chi connectivity index (χ1) is 9.65. The molecule has 4 nitrogen and oxygen atoms in total. The zero-order chi connectivity index (χ0) is 14.4. The van der Waals surface area contributed by atoms with E-state index in [9.17, 15) is 4.79 Å². The summed E-state index contributed by atoms with van der Waals surface area (Å²) < 4.78 is 5.48. The van der Waals surface area contributed by atoms with Crippen molar-refractivity contribution >= 4 is 17.5 Å². The highest BCUT2D eigenvalue weighted by Crippen LogP contribution is 2.16. The van der Waals surface area contributed by atoms with Gasteiger partial charge in [-0.15, -0.1) is 0 Å². The topological polar surface area (TPSA) is 51.2 Å². The third-order valence-electron chi connectivity index (χ3n) is 2.63. The maximum Gasteiger partial charge on any atom is 0.252 e. The fraction of sp³-hybridized carbons (Fsp3) is 0.200.